The highest BCUT2D eigenvalue weighted by atomic mass is 35.5. The quantitative estimate of drug-likeness (QED) is 0.895. The van der Waals surface area contributed by atoms with Gasteiger partial charge in [-0.1, -0.05) is 0 Å². The van der Waals surface area contributed by atoms with E-state index >= 15 is 0 Å². The van der Waals surface area contributed by atoms with E-state index in [-0.39, 0.29) is 24.2 Å². The first-order valence-electron chi connectivity index (χ1n) is 6.75. The highest BCUT2D eigenvalue weighted by Crippen LogP contribution is 2.40. The van der Waals surface area contributed by atoms with Crippen molar-refractivity contribution < 1.29 is 4.79 Å². The zero-order chi connectivity index (χ0) is 12.4. The zero-order valence-corrected chi connectivity index (χ0v) is 12.5. The first kappa shape index (κ1) is 14.8. The van der Waals surface area contributed by atoms with Gasteiger partial charge in [0.2, 0.25) is 5.91 Å². The molecule has 19 heavy (non-hydrogen) atoms. The van der Waals surface area contributed by atoms with Gasteiger partial charge in [-0.15, -0.1) is 23.7 Å². The molecule has 1 aliphatic carbocycles. The maximum absolute atomic E-state index is 12.0. The molecule has 2 fully saturated rings. The lowest BCUT2D eigenvalue weighted by Gasteiger charge is -2.21. The van der Waals surface area contributed by atoms with Crippen LogP contribution in [0, 0.1) is 5.92 Å². The molecule has 1 saturated heterocycles. The Bertz CT molecular complexity index is 427. The third-order valence-electron chi connectivity index (χ3n) is 3.69. The number of halogens is 1. The van der Waals surface area contributed by atoms with Crippen molar-refractivity contribution in [2.24, 2.45) is 5.92 Å². The van der Waals surface area contributed by atoms with Crippen LogP contribution in [0.5, 0.6) is 0 Å². The van der Waals surface area contributed by atoms with Gasteiger partial charge in [-0.25, -0.2) is 4.98 Å². The molecule has 0 atom stereocenters. The fraction of sp³-hybridized carbons (Fsp3) is 0.692. The molecular formula is C13H20ClN3OS. The highest BCUT2D eigenvalue weighted by Gasteiger charge is 2.26. The monoisotopic (exact) mass is 301 g/mol. The molecule has 3 rings (SSSR count). The van der Waals surface area contributed by atoms with Crippen molar-refractivity contribution in [3.8, 4) is 0 Å². The van der Waals surface area contributed by atoms with Gasteiger partial charge in [0.05, 0.1) is 12.2 Å². The van der Waals surface area contributed by atoms with Gasteiger partial charge in [-0.2, -0.15) is 0 Å². The molecule has 6 heteroatoms. The Morgan fingerprint density at radius 2 is 2.11 bits per heavy atom. The third kappa shape index (κ3) is 3.91. The molecule has 1 amide bonds. The molecule has 0 unspecified atom stereocenters. The van der Waals surface area contributed by atoms with Gasteiger partial charge < -0.3 is 10.6 Å². The second-order valence-corrected chi connectivity index (χ2v) is 6.13. The van der Waals surface area contributed by atoms with E-state index < -0.39 is 0 Å². The second-order valence-electron chi connectivity index (χ2n) is 5.18. The largest absolute Gasteiger partial charge is 0.349 e. The van der Waals surface area contributed by atoms with E-state index in [1.54, 1.807) is 11.3 Å². The summed E-state index contributed by atoms with van der Waals surface area (Å²) in [5, 5.41) is 9.48. The van der Waals surface area contributed by atoms with Crippen molar-refractivity contribution in [3.05, 3.63) is 16.1 Å². The summed E-state index contributed by atoms with van der Waals surface area (Å²) < 4.78 is 0. The second kappa shape index (κ2) is 6.68. The molecule has 1 aromatic rings. The Morgan fingerprint density at radius 3 is 2.79 bits per heavy atom. The molecule has 106 valence electrons. The van der Waals surface area contributed by atoms with E-state index in [2.05, 4.69) is 21.0 Å². The number of carbonyl (C=O) groups is 1. The summed E-state index contributed by atoms with van der Waals surface area (Å²) in [6.07, 6.45) is 4.48. The Morgan fingerprint density at radius 1 is 1.37 bits per heavy atom. The van der Waals surface area contributed by atoms with Gasteiger partial charge in [-0.3, -0.25) is 4.79 Å². The van der Waals surface area contributed by atoms with Crippen LogP contribution in [0.1, 0.15) is 42.3 Å². The SMILES string of the molecule is Cl.O=C(NCc1nc(C2CC2)cs1)C1CCNCC1. The molecule has 2 aliphatic rings. The molecule has 1 saturated carbocycles. The molecule has 0 spiro atoms. The smallest absolute Gasteiger partial charge is 0.223 e. The van der Waals surface area contributed by atoms with Crippen LogP contribution in [0.3, 0.4) is 0 Å². The summed E-state index contributed by atoms with van der Waals surface area (Å²) in [5.74, 6) is 1.09. The van der Waals surface area contributed by atoms with Crippen LogP contribution in [0.15, 0.2) is 5.38 Å². The van der Waals surface area contributed by atoms with Crippen molar-refractivity contribution in [1.29, 1.82) is 0 Å². The lowest BCUT2D eigenvalue weighted by atomic mass is 9.97. The maximum atomic E-state index is 12.0. The van der Waals surface area contributed by atoms with Gasteiger partial charge in [-0.05, 0) is 38.8 Å². The van der Waals surface area contributed by atoms with Crippen LogP contribution in [-0.2, 0) is 11.3 Å². The minimum absolute atomic E-state index is 0. The number of nitrogens with zero attached hydrogens (tertiary/aromatic N) is 1. The minimum Gasteiger partial charge on any atom is -0.349 e. The number of nitrogens with one attached hydrogen (secondary N) is 2. The number of aromatic nitrogens is 1. The zero-order valence-electron chi connectivity index (χ0n) is 10.9. The number of rotatable bonds is 4. The standard InChI is InChI=1S/C13H19N3OS.ClH/c17-13(10-3-5-14-6-4-10)15-7-12-16-11(8-18-12)9-1-2-9;/h8-10,14H,1-7H2,(H,15,17);1H. The van der Waals surface area contributed by atoms with Crippen molar-refractivity contribution in [2.45, 2.75) is 38.1 Å². The summed E-state index contributed by atoms with van der Waals surface area (Å²) in [5.41, 5.74) is 1.23. The van der Waals surface area contributed by atoms with E-state index in [4.69, 9.17) is 0 Å². The lowest BCUT2D eigenvalue weighted by molar-refractivity contribution is -0.125. The Hall–Kier alpha value is -0.650. The fourth-order valence-electron chi connectivity index (χ4n) is 2.36. The van der Waals surface area contributed by atoms with Crippen LogP contribution >= 0.6 is 23.7 Å². The van der Waals surface area contributed by atoms with E-state index in [0.717, 1.165) is 30.9 Å². The predicted molar refractivity (Wildman–Crippen MR) is 78.8 cm³/mol. The van der Waals surface area contributed by atoms with Crippen molar-refractivity contribution >= 4 is 29.7 Å². The summed E-state index contributed by atoms with van der Waals surface area (Å²) in [6.45, 7) is 2.52. The van der Waals surface area contributed by atoms with Gasteiger partial charge >= 0.3 is 0 Å². The molecule has 0 aromatic carbocycles. The Labute approximate surface area is 123 Å². The summed E-state index contributed by atoms with van der Waals surface area (Å²) in [7, 11) is 0. The molecule has 1 aromatic heterocycles. The van der Waals surface area contributed by atoms with E-state index in [1.807, 2.05) is 0 Å². The minimum atomic E-state index is 0. The summed E-state index contributed by atoms with van der Waals surface area (Å²) >= 11 is 1.67. The fourth-order valence-corrected chi connectivity index (χ4v) is 3.18. The lowest BCUT2D eigenvalue weighted by Crippen LogP contribution is -2.37. The first-order valence-corrected chi connectivity index (χ1v) is 7.63. The number of hydrogen-bond acceptors (Lipinski definition) is 4. The topological polar surface area (TPSA) is 54.0 Å². The first-order chi connectivity index (χ1) is 8.83. The van der Waals surface area contributed by atoms with Crippen LogP contribution in [-0.4, -0.2) is 24.0 Å². The average Bonchev–Trinajstić information content (AvgIpc) is 3.16. The molecule has 2 heterocycles. The molecule has 1 aliphatic heterocycles. The molecular weight excluding hydrogens is 282 g/mol. The van der Waals surface area contributed by atoms with Gasteiger partial charge in [0.15, 0.2) is 0 Å². The van der Waals surface area contributed by atoms with E-state index in [9.17, 15) is 4.79 Å². The normalized spacial score (nSPS) is 19.8. The van der Waals surface area contributed by atoms with Crippen molar-refractivity contribution in [1.82, 2.24) is 15.6 Å². The number of hydrogen-bond donors (Lipinski definition) is 2. The van der Waals surface area contributed by atoms with Crippen LogP contribution in [0.25, 0.3) is 0 Å². The summed E-state index contributed by atoms with van der Waals surface area (Å²) in [4.78, 5) is 16.5. The van der Waals surface area contributed by atoms with Crippen LogP contribution < -0.4 is 10.6 Å². The van der Waals surface area contributed by atoms with Gasteiger partial charge in [0.25, 0.3) is 0 Å². The molecule has 4 nitrogen and oxygen atoms in total. The summed E-state index contributed by atoms with van der Waals surface area (Å²) in [6, 6.07) is 0. The van der Waals surface area contributed by atoms with Crippen LogP contribution in [0.4, 0.5) is 0 Å². The van der Waals surface area contributed by atoms with E-state index in [0.29, 0.717) is 12.5 Å². The van der Waals surface area contributed by atoms with Gasteiger partial charge in [0.1, 0.15) is 5.01 Å². The molecule has 0 radical (unpaired) electrons. The number of amides is 1. The predicted octanol–water partition coefficient (Wildman–Crippen LogP) is 2.06. The number of carbonyl (C=O) groups excluding carboxylic acids is 1. The maximum Gasteiger partial charge on any atom is 0.223 e. The Kier molecular flexibility index (Phi) is 5.19. The third-order valence-corrected chi connectivity index (χ3v) is 4.56. The molecule has 0 bridgehead atoms. The van der Waals surface area contributed by atoms with Crippen LogP contribution in [0.2, 0.25) is 0 Å². The Balaban J connectivity index is 0.00000133. The average molecular weight is 302 g/mol. The van der Waals surface area contributed by atoms with E-state index in [1.165, 1.54) is 18.5 Å². The number of thiazole rings is 1. The van der Waals surface area contributed by atoms with Crippen molar-refractivity contribution in [3.63, 3.8) is 0 Å². The molecule has 2 N–H and O–H groups in total. The van der Waals surface area contributed by atoms with Gasteiger partial charge in [0, 0.05) is 17.2 Å². The number of piperidine rings is 1. The highest BCUT2D eigenvalue weighted by molar-refractivity contribution is 7.09. The van der Waals surface area contributed by atoms with Crippen molar-refractivity contribution in [2.75, 3.05) is 13.1 Å².